The number of nitrogens with zero attached hydrogens (tertiary/aromatic N) is 1. The molecule has 7 heteroatoms. The first-order chi connectivity index (χ1) is 14.0. The van der Waals surface area contributed by atoms with Crippen LogP contribution in [0.15, 0.2) is 54.9 Å². The summed E-state index contributed by atoms with van der Waals surface area (Å²) < 4.78 is 33.1. The van der Waals surface area contributed by atoms with Gasteiger partial charge in [-0.05, 0) is 41.8 Å². The minimum atomic E-state index is -1.59. The number of nitrogens with one attached hydrogen (secondary N) is 1. The van der Waals surface area contributed by atoms with Gasteiger partial charge in [0.15, 0.2) is 6.29 Å². The van der Waals surface area contributed by atoms with Gasteiger partial charge in [-0.15, -0.1) is 0 Å². The van der Waals surface area contributed by atoms with Gasteiger partial charge in [0.2, 0.25) is 0 Å². The number of aliphatic hydroxyl groups is 2. The summed E-state index contributed by atoms with van der Waals surface area (Å²) in [7, 11) is 0. The minimum absolute atomic E-state index is 0.120. The molecule has 0 saturated heterocycles. The Labute approximate surface area is 166 Å². The topological polar surface area (TPSA) is 74.6 Å². The fourth-order valence-electron chi connectivity index (χ4n) is 3.58. The molecule has 0 aliphatic carbocycles. The van der Waals surface area contributed by atoms with Gasteiger partial charge < -0.3 is 20.3 Å². The zero-order valence-electron chi connectivity index (χ0n) is 15.5. The lowest BCUT2D eigenvalue weighted by atomic mass is 9.91. The second kappa shape index (κ2) is 8.14. The average molecular weight is 398 g/mol. The van der Waals surface area contributed by atoms with E-state index in [1.165, 1.54) is 18.3 Å². The van der Waals surface area contributed by atoms with Crippen LogP contribution in [0.3, 0.4) is 0 Å². The maximum absolute atomic E-state index is 14.1. The molecule has 2 aromatic carbocycles. The highest BCUT2D eigenvalue weighted by Gasteiger charge is 2.23. The molecule has 0 unspecified atom stereocenters. The number of hydrogen-bond acceptors (Lipinski definition) is 5. The van der Waals surface area contributed by atoms with Crippen molar-refractivity contribution in [2.24, 2.45) is 0 Å². The second-order valence-corrected chi connectivity index (χ2v) is 6.93. The number of pyridine rings is 1. The van der Waals surface area contributed by atoms with Crippen molar-refractivity contribution >= 4 is 5.69 Å². The standard InChI is InChI=1S/C22H20F2N2O3/c23-15-2-4-16(19(24)10-15)13-1-3-17-14(6-8-29-21(17)9-13)11-26-20-12-25-7-5-18(20)22(27)28/h1-5,7,9-10,12,14,22,26-28H,6,8,11H2/t14-/m1/s1. The third-order valence-electron chi connectivity index (χ3n) is 5.09. The van der Waals surface area contributed by atoms with E-state index in [0.717, 1.165) is 18.1 Å². The maximum atomic E-state index is 14.1. The molecule has 1 atom stereocenters. The largest absolute Gasteiger partial charge is 0.493 e. The molecule has 0 bridgehead atoms. The molecule has 3 aromatic rings. The number of rotatable bonds is 5. The van der Waals surface area contributed by atoms with Crippen LogP contribution >= 0.6 is 0 Å². The van der Waals surface area contributed by atoms with Crippen LogP contribution in [0.1, 0.15) is 29.8 Å². The molecule has 0 radical (unpaired) electrons. The number of ether oxygens (including phenoxy) is 1. The number of fused-ring (bicyclic) bond motifs is 1. The maximum Gasteiger partial charge on any atom is 0.180 e. The van der Waals surface area contributed by atoms with Crippen LogP contribution in [0.4, 0.5) is 14.5 Å². The molecule has 4 rings (SSSR count). The van der Waals surface area contributed by atoms with Gasteiger partial charge in [0.25, 0.3) is 0 Å². The highest BCUT2D eigenvalue weighted by atomic mass is 19.1. The summed E-state index contributed by atoms with van der Waals surface area (Å²) in [5.41, 5.74) is 2.82. The zero-order chi connectivity index (χ0) is 20.4. The molecule has 0 saturated carbocycles. The van der Waals surface area contributed by atoms with Crippen molar-refractivity contribution in [1.29, 1.82) is 0 Å². The van der Waals surface area contributed by atoms with E-state index in [9.17, 15) is 19.0 Å². The second-order valence-electron chi connectivity index (χ2n) is 6.93. The van der Waals surface area contributed by atoms with E-state index in [1.54, 1.807) is 24.4 Å². The third kappa shape index (κ3) is 4.06. The Morgan fingerprint density at radius 1 is 1.14 bits per heavy atom. The van der Waals surface area contributed by atoms with Crippen molar-refractivity contribution < 1.29 is 23.7 Å². The third-order valence-corrected chi connectivity index (χ3v) is 5.09. The Morgan fingerprint density at radius 2 is 2.00 bits per heavy atom. The van der Waals surface area contributed by atoms with Gasteiger partial charge >= 0.3 is 0 Å². The summed E-state index contributed by atoms with van der Waals surface area (Å²) in [5.74, 6) is -0.451. The molecule has 29 heavy (non-hydrogen) atoms. The van der Waals surface area contributed by atoms with Crippen molar-refractivity contribution in [3.05, 3.63) is 77.6 Å². The number of aromatic nitrogens is 1. The van der Waals surface area contributed by atoms with E-state index in [0.29, 0.717) is 41.3 Å². The van der Waals surface area contributed by atoms with Gasteiger partial charge in [0.05, 0.1) is 18.5 Å². The van der Waals surface area contributed by atoms with Crippen molar-refractivity contribution in [1.82, 2.24) is 4.98 Å². The molecule has 1 aliphatic rings. The van der Waals surface area contributed by atoms with Crippen LogP contribution in [-0.2, 0) is 0 Å². The minimum Gasteiger partial charge on any atom is -0.493 e. The summed E-state index contributed by atoms with van der Waals surface area (Å²) in [4.78, 5) is 4.02. The number of hydrogen-bond donors (Lipinski definition) is 3. The highest BCUT2D eigenvalue weighted by Crippen LogP contribution is 2.37. The highest BCUT2D eigenvalue weighted by molar-refractivity contribution is 5.67. The van der Waals surface area contributed by atoms with Crippen molar-refractivity contribution in [3.63, 3.8) is 0 Å². The lowest BCUT2D eigenvalue weighted by Crippen LogP contribution is -2.21. The van der Waals surface area contributed by atoms with Gasteiger partial charge in [-0.25, -0.2) is 8.78 Å². The predicted molar refractivity (Wildman–Crippen MR) is 105 cm³/mol. The summed E-state index contributed by atoms with van der Waals surface area (Å²) in [6.07, 6.45) is 2.24. The van der Waals surface area contributed by atoms with Gasteiger partial charge in [0.1, 0.15) is 17.4 Å². The van der Waals surface area contributed by atoms with E-state index in [4.69, 9.17) is 4.74 Å². The summed E-state index contributed by atoms with van der Waals surface area (Å²) in [5, 5.41) is 22.2. The van der Waals surface area contributed by atoms with Crippen molar-refractivity contribution in [2.45, 2.75) is 18.6 Å². The van der Waals surface area contributed by atoms with E-state index in [1.807, 2.05) is 6.07 Å². The number of benzene rings is 2. The summed E-state index contributed by atoms with van der Waals surface area (Å²) >= 11 is 0. The lowest BCUT2D eigenvalue weighted by Gasteiger charge is -2.27. The first-order valence-corrected chi connectivity index (χ1v) is 9.29. The zero-order valence-corrected chi connectivity index (χ0v) is 15.5. The molecular weight excluding hydrogens is 378 g/mol. The normalized spacial score (nSPS) is 15.7. The Hall–Kier alpha value is -3.03. The fraction of sp³-hybridized carbons (Fsp3) is 0.227. The number of aliphatic hydroxyl groups excluding tert-OH is 1. The van der Waals surface area contributed by atoms with Crippen LogP contribution in [0.25, 0.3) is 11.1 Å². The molecule has 2 heterocycles. The van der Waals surface area contributed by atoms with Crippen molar-refractivity contribution in [2.75, 3.05) is 18.5 Å². The smallest absolute Gasteiger partial charge is 0.180 e. The Bertz CT molecular complexity index is 1030. The Morgan fingerprint density at radius 3 is 2.79 bits per heavy atom. The van der Waals surface area contributed by atoms with Crippen LogP contribution in [0, 0.1) is 11.6 Å². The van der Waals surface area contributed by atoms with Gasteiger partial charge in [0, 0.05) is 35.9 Å². The predicted octanol–water partition coefficient (Wildman–Crippen LogP) is 3.99. The van der Waals surface area contributed by atoms with Gasteiger partial charge in [-0.1, -0.05) is 12.1 Å². The molecule has 0 amide bonds. The first kappa shape index (κ1) is 19.3. The summed E-state index contributed by atoms with van der Waals surface area (Å²) in [6, 6.07) is 10.5. The van der Waals surface area contributed by atoms with Gasteiger partial charge in [-0.3, -0.25) is 4.98 Å². The molecule has 5 nitrogen and oxygen atoms in total. The molecular formula is C22H20F2N2O3. The molecule has 1 aromatic heterocycles. The first-order valence-electron chi connectivity index (χ1n) is 9.29. The Balaban J connectivity index is 1.56. The van der Waals surface area contributed by atoms with Crippen molar-refractivity contribution in [3.8, 4) is 16.9 Å². The number of halogens is 2. The SMILES string of the molecule is OC(O)c1ccncc1NC[C@H]1CCOc2cc(-c3ccc(F)cc3F)ccc21. The van der Waals surface area contributed by atoms with Crippen LogP contribution in [0.2, 0.25) is 0 Å². The fourth-order valence-corrected chi connectivity index (χ4v) is 3.58. The van der Waals surface area contributed by atoms with Crippen LogP contribution < -0.4 is 10.1 Å². The lowest BCUT2D eigenvalue weighted by molar-refractivity contribution is -0.0419. The van der Waals surface area contributed by atoms with E-state index >= 15 is 0 Å². The molecule has 0 fully saturated rings. The number of anilines is 1. The molecule has 0 spiro atoms. The Kier molecular flexibility index (Phi) is 5.42. The quantitative estimate of drug-likeness (QED) is 0.567. The van der Waals surface area contributed by atoms with Crippen LogP contribution in [-0.4, -0.2) is 28.3 Å². The van der Waals surface area contributed by atoms with Gasteiger partial charge in [-0.2, -0.15) is 0 Å². The van der Waals surface area contributed by atoms with E-state index in [-0.39, 0.29) is 5.92 Å². The van der Waals surface area contributed by atoms with E-state index in [2.05, 4.69) is 10.3 Å². The average Bonchev–Trinajstić information content (AvgIpc) is 2.72. The monoisotopic (exact) mass is 398 g/mol. The molecule has 150 valence electrons. The van der Waals surface area contributed by atoms with Crippen LogP contribution in [0.5, 0.6) is 5.75 Å². The van der Waals surface area contributed by atoms with E-state index < -0.39 is 17.9 Å². The molecule has 1 aliphatic heterocycles. The molecule has 3 N–H and O–H groups in total. The summed E-state index contributed by atoms with van der Waals surface area (Å²) in [6.45, 7) is 1.06.